The van der Waals surface area contributed by atoms with E-state index in [9.17, 15) is 4.79 Å². The minimum atomic E-state index is 0.0264. The fourth-order valence-corrected chi connectivity index (χ4v) is 1.33. The highest BCUT2D eigenvalue weighted by molar-refractivity contribution is 5.73. The van der Waals surface area contributed by atoms with E-state index in [0.717, 1.165) is 18.5 Å². The lowest BCUT2D eigenvalue weighted by molar-refractivity contribution is -0.119. The molecule has 1 aromatic rings. The van der Waals surface area contributed by atoms with E-state index in [1.807, 2.05) is 25.1 Å². The van der Waals surface area contributed by atoms with Crippen molar-refractivity contribution >= 4 is 5.91 Å². The van der Waals surface area contributed by atoms with Gasteiger partial charge in [0, 0.05) is 24.9 Å². The van der Waals surface area contributed by atoms with E-state index in [1.54, 1.807) is 6.20 Å². The number of hydrogen-bond acceptors (Lipinski definition) is 2. The Morgan fingerprint density at radius 3 is 2.93 bits per heavy atom. The molecule has 3 nitrogen and oxygen atoms in total. The highest BCUT2D eigenvalue weighted by Crippen LogP contribution is 2.01. The number of carbonyl (C=O) groups excluding carboxylic acids is 1. The third kappa shape index (κ3) is 4.03. The lowest BCUT2D eigenvalue weighted by atomic mass is 10.1. The minimum absolute atomic E-state index is 0.0264. The molecule has 3 heteroatoms. The summed E-state index contributed by atoms with van der Waals surface area (Å²) in [4.78, 5) is 15.0. The van der Waals surface area contributed by atoms with E-state index in [-0.39, 0.29) is 11.9 Å². The molecule has 0 aliphatic rings. The normalized spacial score (nSPS) is 12.1. The van der Waals surface area contributed by atoms with Crippen molar-refractivity contribution in [3.63, 3.8) is 0 Å². The number of aryl methyl sites for hydroxylation is 1. The summed E-state index contributed by atoms with van der Waals surface area (Å²) >= 11 is 0. The second-order valence-corrected chi connectivity index (χ2v) is 3.46. The van der Waals surface area contributed by atoms with Gasteiger partial charge in [-0.05, 0) is 31.9 Å². The lowest BCUT2D eigenvalue weighted by Crippen LogP contribution is -2.30. The minimum Gasteiger partial charge on any atom is -0.354 e. The Hall–Kier alpha value is -1.38. The van der Waals surface area contributed by atoms with Gasteiger partial charge in [0.2, 0.25) is 5.91 Å². The van der Waals surface area contributed by atoms with Crippen molar-refractivity contribution in [2.24, 2.45) is 0 Å². The largest absolute Gasteiger partial charge is 0.354 e. The van der Waals surface area contributed by atoms with Crippen LogP contribution < -0.4 is 5.32 Å². The molecular formula is C11H16N2O. The molecule has 0 aliphatic carbocycles. The fourth-order valence-electron chi connectivity index (χ4n) is 1.33. The number of nitrogens with zero attached hydrogens (tertiary/aromatic N) is 1. The van der Waals surface area contributed by atoms with Crippen LogP contribution in [-0.4, -0.2) is 16.9 Å². The maximum atomic E-state index is 10.7. The summed E-state index contributed by atoms with van der Waals surface area (Å²) in [5.41, 5.74) is 1.07. The van der Waals surface area contributed by atoms with E-state index >= 15 is 0 Å². The molecule has 1 N–H and O–H groups in total. The summed E-state index contributed by atoms with van der Waals surface area (Å²) < 4.78 is 0. The Kier molecular flexibility index (Phi) is 4.11. The predicted molar refractivity (Wildman–Crippen MR) is 55.8 cm³/mol. The van der Waals surface area contributed by atoms with E-state index in [0.29, 0.717) is 0 Å². The zero-order valence-corrected chi connectivity index (χ0v) is 8.66. The van der Waals surface area contributed by atoms with Gasteiger partial charge < -0.3 is 5.32 Å². The highest BCUT2D eigenvalue weighted by atomic mass is 16.1. The smallest absolute Gasteiger partial charge is 0.217 e. The highest BCUT2D eigenvalue weighted by Gasteiger charge is 2.03. The number of nitrogens with one attached hydrogen (secondary N) is 1. The molecular weight excluding hydrogens is 176 g/mol. The Morgan fingerprint density at radius 1 is 1.57 bits per heavy atom. The molecule has 0 saturated heterocycles. The first-order chi connectivity index (χ1) is 6.68. The molecule has 1 atom stereocenters. The second kappa shape index (κ2) is 5.37. The van der Waals surface area contributed by atoms with Crippen molar-refractivity contribution in [3.05, 3.63) is 30.1 Å². The van der Waals surface area contributed by atoms with Crippen molar-refractivity contribution < 1.29 is 4.79 Å². The van der Waals surface area contributed by atoms with E-state index in [2.05, 4.69) is 10.3 Å². The van der Waals surface area contributed by atoms with Gasteiger partial charge in [-0.1, -0.05) is 6.07 Å². The zero-order chi connectivity index (χ0) is 10.4. The van der Waals surface area contributed by atoms with Crippen molar-refractivity contribution in [2.45, 2.75) is 32.7 Å². The molecule has 0 aliphatic heterocycles. The molecule has 1 amide bonds. The van der Waals surface area contributed by atoms with Crippen LogP contribution in [0.2, 0.25) is 0 Å². The Balaban J connectivity index is 2.30. The molecule has 0 radical (unpaired) electrons. The van der Waals surface area contributed by atoms with Crippen molar-refractivity contribution in [1.82, 2.24) is 10.3 Å². The van der Waals surface area contributed by atoms with Crippen LogP contribution in [0.4, 0.5) is 0 Å². The van der Waals surface area contributed by atoms with Crippen LogP contribution in [0.25, 0.3) is 0 Å². The molecule has 1 aromatic heterocycles. The molecule has 76 valence electrons. The van der Waals surface area contributed by atoms with Crippen LogP contribution in [0, 0.1) is 0 Å². The van der Waals surface area contributed by atoms with Gasteiger partial charge >= 0.3 is 0 Å². The Labute approximate surface area is 84.6 Å². The van der Waals surface area contributed by atoms with E-state index in [4.69, 9.17) is 0 Å². The monoisotopic (exact) mass is 192 g/mol. The molecule has 1 heterocycles. The van der Waals surface area contributed by atoms with Crippen LogP contribution in [0.3, 0.4) is 0 Å². The van der Waals surface area contributed by atoms with Gasteiger partial charge in [0.1, 0.15) is 0 Å². The Bertz CT molecular complexity index is 285. The van der Waals surface area contributed by atoms with Gasteiger partial charge in [0.25, 0.3) is 0 Å². The molecule has 0 aromatic carbocycles. The van der Waals surface area contributed by atoms with Gasteiger partial charge in [-0.3, -0.25) is 9.78 Å². The first-order valence-corrected chi connectivity index (χ1v) is 4.85. The third-order valence-corrected chi connectivity index (χ3v) is 2.01. The maximum absolute atomic E-state index is 10.7. The topological polar surface area (TPSA) is 42.0 Å². The summed E-state index contributed by atoms with van der Waals surface area (Å²) in [6, 6.07) is 6.10. The standard InChI is InChI=1S/C11H16N2O/c1-9(13-10(2)14)6-7-11-5-3-4-8-12-11/h3-5,8-9H,6-7H2,1-2H3,(H,13,14). The van der Waals surface area contributed by atoms with Crippen LogP contribution in [0.1, 0.15) is 26.0 Å². The number of rotatable bonds is 4. The van der Waals surface area contributed by atoms with E-state index < -0.39 is 0 Å². The number of hydrogen-bond donors (Lipinski definition) is 1. The fraction of sp³-hybridized carbons (Fsp3) is 0.455. The zero-order valence-electron chi connectivity index (χ0n) is 8.66. The summed E-state index contributed by atoms with van der Waals surface area (Å²) in [7, 11) is 0. The summed E-state index contributed by atoms with van der Waals surface area (Å²) in [5.74, 6) is 0.0264. The molecule has 1 rings (SSSR count). The number of aromatic nitrogens is 1. The molecule has 1 unspecified atom stereocenters. The van der Waals surface area contributed by atoms with Crippen molar-refractivity contribution in [2.75, 3.05) is 0 Å². The van der Waals surface area contributed by atoms with Crippen molar-refractivity contribution in [3.8, 4) is 0 Å². The van der Waals surface area contributed by atoms with Gasteiger partial charge in [-0.2, -0.15) is 0 Å². The number of amides is 1. The lowest BCUT2D eigenvalue weighted by Gasteiger charge is -2.11. The van der Waals surface area contributed by atoms with Crippen LogP contribution >= 0.6 is 0 Å². The van der Waals surface area contributed by atoms with Gasteiger partial charge in [0.15, 0.2) is 0 Å². The first kappa shape index (κ1) is 10.7. The van der Waals surface area contributed by atoms with E-state index in [1.165, 1.54) is 6.92 Å². The maximum Gasteiger partial charge on any atom is 0.217 e. The van der Waals surface area contributed by atoms with Gasteiger partial charge in [-0.25, -0.2) is 0 Å². The molecule has 0 bridgehead atoms. The van der Waals surface area contributed by atoms with Crippen LogP contribution in [0.5, 0.6) is 0 Å². The molecule has 0 spiro atoms. The Morgan fingerprint density at radius 2 is 2.36 bits per heavy atom. The van der Waals surface area contributed by atoms with Crippen LogP contribution in [0.15, 0.2) is 24.4 Å². The SMILES string of the molecule is CC(=O)NC(C)CCc1ccccn1. The summed E-state index contributed by atoms with van der Waals surface area (Å²) in [6.45, 7) is 3.54. The average Bonchev–Trinajstić information content (AvgIpc) is 2.15. The number of pyridine rings is 1. The van der Waals surface area contributed by atoms with Gasteiger partial charge in [-0.15, -0.1) is 0 Å². The number of carbonyl (C=O) groups is 1. The predicted octanol–water partition coefficient (Wildman–Crippen LogP) is 1.54. The summed E-state index contributed by atoms with van der Waals surface area (Å²) in [6.07, 6.45) is 3.62. The average molecular weight is 192 g/mol. The third-order valence-electron chi connectivity index (χ3n) is 2.01. The summed E-state index contributed by atoms with van der Waals surface area (Å²) in [5, 5.41) is 2.85. The second-order valence-electron chi connectivity index (χ2n) is 3.46. The van der Waals surface area contributed by atoms with Gasteiger partial charge in [0.05, 0.1) is 0 Å². The van der Waals surface area contributed by atoms with Crippen molar-refractivity contribution in [1.29, 1.82) is 0 Å². The molecule has 14 heavy (non-hydrogen) atoms. The quantitative estimate of drug-likeness (QED) is 0.786. The molecule has 0 fully saturated rings. The van der Waals surface area contributed by atoms with Crippen LogP contribution in [-0.2, 0) is 11.2 Å². The molecule has 0 saturated carbocycles. The first-order valence-electron chi connectivity index (χ1n) is 4.85.